The van der Waals surface area contributed by atoms with Crippen molar-refractivity contribution < 1.29 is 56.8 Å². The summed E-state index contributed by atoms with van der Waals surface area (Å²) in [6.07, 6.45) is 0.0544. The molecule has 3 rings (SSSR count). The van der Waals surface area contributed by atoms with Crippen LogP contribution in [0, 0.1) is 28.1 Å². The van der Waals surface area contributed by atoms with Crippen LogP contribution in [-0.4, -0.2) is 98.9 Å². The molecule has 0 bridgehead atoms. The van der Waals surface area contributed by atoms with Crippen molar-refractivity contribution in [3.63, 3.8) is 0 Å². The predicted octanol–water partition coefficient (Wildman–Crippen LogP) is 5.32. The van der Waals surface area contributed by atoms with E-state index in [1.54, 1.807) is 41.5 Å². The minimum absolute atomic E-state index is 0.0901. The van der Waals surface area contributed by atoms with E-state index >= 15 is 0 Å². The molecule has 0 aromatic carbocycles. The molecule has 5 atom stereocenters. The van der Waals surface area contributed by atoms with E-state index < -0.39 is 92.8 Å². The normalized spacial score (nSPS) is 22.3. The summed E-state index contributed by atoms with van der Waals surface area (Å²) >= 11 is 0. The van der Waals surface area contributed by atoms with Crippen molar-refractivity contribution in [1.29, 1.82) is 10.7 Å². The van der Waals surface area contributed by atoms with Crippen molar-refractivity contribution in [2.75, 3.05) is 13.4 Å². The number of aliphatic imine (C=N–C) groups is 1. The first-order valence-corrected chi connectivity index (χ1v) is 22.3. The van der Waals surface area contributed by atoms with Crippen LogP contribution >= 0.6 is 0 Å². The van der Waals surface area contributed by atoms with Crippen molar-refractivity contribution >= 4 is 50.6 Å². The summed E-state index contributed by atoms with van der Waals surface area (Å²) in [4.78, 5) is 70.8. The second-order valence-corrected chi connectivity index (χ2v) is 21.6. The number of ether oxygens (including phenoxy) is 6. The van der Waals surface area contributed by atoms with E-state index in [0.717, 1.165) is 39.0 Å². The number of aromatic nitrogens is 1. The van der Waals surface area contributed by atoms with E-state index in [4.69, 9.17) is 33.5 Å². The fraction of sp³-hybridized carbons (Fsp3) is 0.684. The van der Waals surface area contributed by atoms with E-state index in [-0.39, 0.29) is 29.6 Å². The Morgan fingerprint density at radius 2 is 1.72 bits per heavy atom. The fourth-order valence-corrected chi connectivity index (χ4v) is 7.43. The van der Waals surface area contributed by atoms with Crippen molar-refractivity contribution in [3.8, 4) is 6.07 Å². The Balaban J connectivity index is 2.07. The van der Waals surface area contributed by atoms with E-state index in [9.17, 15) is 29.2 Å². The molecule has 2 aliphatic rings. The van der Waals surface area contributed by atoms with Gasteiger partial charge in [-0.15, -0.1) is 0 Å². The largest absolute Gasteiger partial charge is 0.463 e. The molecule has 0 radical (unpaired) electrons. The SMILES string of the molecule is CC(=O)OCOC(=O)N/C(=N/C=N)c1ccc([C@]2(C#N)O[C@H](COC(=O)CC3CCCCC3)[C@@H](OC(=O)[C@@H](NC(=O)OC(C)(C)C)C(C)(C)C)C2O[Si](C)(C)C)[nH]1. The lowest BCUT2D eigenvalue weighted by molar-refractivity contribution is -0.164. The van der Waals surface area contributed by atoms with Gasteiger partial charge in [0.25, 0.3) is 0 Å². The molecule has 1 aromatic heterocycles. The average Bonchev–Trinajstić information content (AvgIpc) is 3.68. The van der Waals surface area contributed by atoms with Gasteiger partial charge in [-0.25, -0.2) is 19.4 Å². The number of esters is 3. The molecule has 1 aromatic rings. The summed E-state index contributed by atoms with van der Waals surface area (Å²) in [6, 6.07) is 3.90. The van der Waals surface area contributed by atoms with Crippen LogP contribution in [0.25, 0.3) is 0 Å². The molecule has 19 heteroatoms. The number of alkyl carbamates (subject to hydrolysis) is 2. The van der Waals surface area contributed by atoms with Crippen LogP contribution in [0.3, 0.4) is 0 Å². The molecular weight excluding hydrogens is 761 g/mol. The van der Waals surface area contributed by atoms with Crippen molar-refractivity contribution in [2.45, 2.75) is 142 Å². The lowest BCUT2D eigenvalue weighted by atomic mass is 9.86. The summed E-state index contributed by atoms with van der Waals surface area (Å²) < 4.78 is 40.0. The van der Waals surface area contributed by atoms with Crippen LogP contribution in [0.5, 0.6) is 0 Å². The molecule has 2 heterocycles. The van der Waals surface area contributed by atoms with E-state index in [1.807, 2.05) is 19.6 Å². The number of hydrogen-bond donors (Lipinski definition) is 4. The van der Waals surface area contributed by atoms with Gasteiger partial charge in [-0.1, -0.05) is 40.0 Å². The summed E-state index contributed by atoms with van der Waals surface area (Å²) in [5, 5.41) is 23.5. The number of nitrogens with one attached hydrogen (secondary N) is 4. The van der Waals surface area contributed by atoms with Gasteiger partial charge in [-0.05, 0) is 76.7 Å². The van der Waals surface area contributed by atoms with E-state index in [2.05, 4.69) is 31.4 Å². The van der Waals surface area contributed by atoms with Gasteiger partial charge < -0.3 is 43.1 Å². The maximum absolute atomic E-state index is 14.2. The molecule has 57 heavy (non-hydrogen) atoms. The van der Waals surface area contributed by atoms with E-state index in [0.29, 0.717) is 6.34 Å². The van der Waals surface area contributed by atoms with Crippen LogP contribution in [0.4, 0.5) is 9.59 Å². The molecule has 2 fully saturated rings. The maximum atomic E-state index is 14.2. The first kappa shape index (κ1) is 46.6. The molecule has 1 saturated heterocycles. The number of nitriles is 1. The minimum atomic E-state index is -2.64. The monoisotopic (exact) mass is 818 g/mol. The first-order valence-electron chi connectivity index (χ1n) is 18.9. The maximum Gasteiger partial charge on any atom is 0.415 e. The summed E-state index contributed by atoms with van der Waals surface area (Å²) in [6.45, 7) is 15.9. The molecule has 316 valence electrons. The third kappa shape index (κ3) is 14.0. The zero-order chi connectivity index (χ0) is 42.8. The van der Waals surface area contributed by atoms with Crippen molar-refractivity contribution in [1.82, 2.24) is 15.6 Å². The number of nitrogens with zero attached hydrogens (tertiary/aromatic N) is 2. The fourth-order valence-electron chi connectivity index (χ4n) is 6.36. The third-order valence-electron chi connectivity index (χ3n) is 8.86. The second kappa shape index (κ2) is 19.6. The third-order valence-corrected chi connectivity index (χ3v) is 9.82. The highest BCUT2D eigenvalue weighted by atomic mass is 28.4. The highest BCUT2D eigenvalue weighted by Crippen LogP contribution is 2.44. The van der Waals surface area contributed by atoms with Crippen LogP contribution < -0.4 is 10.6 Å². The molecule has 1 saturated carbocycles. The predicted molar refractivity (Wildman–Crippen MR) is 207 cm³/mol. The summed E-state index contributed by atoms with van der Waals surface area (Å²) in [7, 11) is -2.64. The zero-order valence-corrected chi connectivity index (χ0v) is 35.6. The Hall–Kier alpha value is -4.80. The Bertz CT molecular complexity index is 1680. The smallest absolute Gasteiger partial charge is 0.415 e. The quantitative estimate of drug-likeness (QED) is 0.0464. The van der Waals surface area contributed by atoms with Crippen LogP contribution in [0.1, 0.15) is 98.4 Å². The van der Waals surface area contributed by atoms with Gasteiger partial charge in [0.15, 0.2) is 20.3 Å². The Kier molecular flexibility index (Phi) is 16.0. The van der Waals surface area contributed by atoms with Gasteiger partial charge in [0, 0.05) is 13.3 Å². The molecule has 18 nitrogen and oxygen atoms in total. The van der Waals surface area contributed by atoms with Gasteiger partial charge in [-0.2, -0.15) is 5.26 Å². The lowest BCUT2D eigenvalue weighted by Gasteiger charge is -2.35. The van der Waals surface area contributed by atoms with Crippen LogP contribution in [-0.2, 0) is 52.8 Å². The van der Waals surface area contributed by atoms with Gasteiger partial charge in [-0.3, -0.25) is 20.3 Å². The van der Waals surface area contributed by atoms with Crippen molar-refractivity contribution in [3.05, 3.63) is 23.5 Å². The topological polar surface area (TPSA) is 250 Å². The molecular formula is C38H58N6O12Si. The molecule has 2 amide bonds. The average molecular weight is 819 g/mol. The summed E-state index contributed by atoms with van der Waals surface area (Å²) in [5.74, 6) is -2.03. The number of hydrogen-bond acceptors (Lipinski definition) is 14. The van der Waals surface area contributed by atoms with Gasteiger partial charge in [0.2, 0.25) is 12.4 Å². The number of aromatic amines is 1. The second-order valence-electron chi connectivity index (χ2n) is 17.1. The van der Waals surface area contributed by atoms with Crippen LogP contribution in [0.15, 0.2) is 17.1 Å². The highest BCUT2D eigenvalue weighted by molar-refractivity contribution is 6.69. The summed E-state index contributed by atoms with van der Waals surface area (Å²) in [5.41, 5.74) is -3.59. The minimum Gasteiger partial charge on any atom is -0.463 e. The Morgan fingerprint density at radius 1 is 1.05 bits per heavy atom. The van der Waals surface area contributed by atoms with Crippen LogP contribution in [0.2, 0.25) is 19.6 Å². The van der Waals surface area contributed by atoms with E-state index in [1.165, 1.54) is 12.1 Å². The number of H-pyrrole nitrogens is 1. The highest BCUT2D eigenvalue weighted by Gasteiger charge is 2.62. The molecule has 4 N–H and O–H groups in total. The molecule has 1 unspecified atom stereocenters. The van der Waals surface area contributed by atoms with Crippen molar-refractivity contribution in [2.24, 2.45) is 16.3 Å². The molecule has 1 aliphatic carbocycles. The Labute approximate surface area is 334 Å². The first-order chi connectivity index (χ1) is 26.5. The van der Waals surface area contributed by atoms with Gasteiger partial charge >= 0.3 is 30.1 Å². The molecule has 0 spiro atoms. The molecule has 1 aliphatic heterocycles. The number of rotatable bonds is 14. The number of carbonyl (C=O) groups excluding carboxylic acids is 5. The van der Waals surface area contributed by atoms with Gasteiger partial charge in [0.05, 0.1) is 11.4 Å². The van der Waals surface area contributed by atoms with Gasteiger partial charge in [0.1, 0.15) is 42.9 Å². The number of amides is 2. The number of amidine groups is 1. The lowest BCUT2D eigenvalue weighted by Crippen LogP contribution is -2.54. The number of carbonyl (C=O) groups is 5. The zero-order valence-electron chi connectivity index (χ0n) is 34.6. The Morgan fingerprint density at radius 3 is 2.28 bits per heavy atom. The standard InChI is InChI=1S/C38H58N6O12Si/c1-23(45)51-22-52-34(48)44-32(41-21-40)25-16-17-27(42-25)38(20-39)31(56-57(8,9)10)29(26(54-38)19-50-28(46)18-24-14-12-11-13-15-24)53-33(47)30(36(2,3)4)43-35(49)55-37(5,6)7/h16-17,21,24,26,29-31,42H,11-15,18-19,22H2,1-10H3,(H,43,49)(H2,40,41,44,48)/t26-,29-,30-,31?,38+/m1/s1.